The third kappa shape index (κ3) is 4.30. The van der Waals surface area contributed by atoms with Gasteiger partial charge in [-0.25, -0.2) is 0 Å². The Labute approximate surface area is 163 Å². The second-order valence-corrected chi connectivity index (χ2v) is 8.02. The van der Waals surface area contributed by atoms with Gasteiger partial charge in [0.2, 0.25) is 0 Å². The van der Waals surface area contributed by atoms with Gasteiger partial charge in [-0.2, -0.15) is 0 Å². The zero-order valence-corrected chi connectivity index (χ0v) is 17.0. The maximum atomic E-state index is 9.58. The maximum Gasteiger partial charge on any atom is 0.115 e. The van der Waals surface area contributed by atoms with Crippen LogP contribution in [-0.2, 0) is 4.74 Å². The Kier molecular flexibility index (Phi) is 6.43. The lowest BCUT2D eigenvalue weighted by Gasteiger charge is -2.43. The number of aromatic hydroxyl groups is 1. The minimum atomic E-state index is 0.160. The van der Waals surface area contributed by atoms with Gasteiger partial charge in [-0.1, -0.05) is 58.4 Å². The fourth-order valence-electron chi connectivity index (χ4n) is 4.06. The molecule has 1 fully saturated rings. The van der Waals surface area contributed by atoms with Gasteiger partial charge in [0.1, 0.15) is 5.75 Å². The highest BCUT2D eigenvalue weighted by atomic mass is 16.5. The van der Waals surface area contributed by atoms with Gasteiger partial charge >= 0.3 is 0 Å². The number of anilines is 1. The monoisotopic (exact) mass is 367 g/mol. The molecule has 0 aliphatic carbocycles. The highest BCUT2D eigenvalue weighted by molar-refractivity contribution is 5.58. The van der Waals surface area contributed by atoms with E-state index in [9.17, 15) is 5.11 Å². The molecule has 3 heteroatoms. The summed E-state index contributed by atoms with van der Waals surface area (Å²) in [6, 6.07) is 14.6. The molecule has 2 aliphatic rings. The van der Waals surface area contributed by atoms with Gasteiger partial charge in [0.25, 0.3) is 0 Å². The summed E-state index contributed by atoms with van der Waals surface area (Å²) in [5.74, 6) is 1.26. The van der Waals surface area contributed by atoms with E-state index in [0.29, 0.717) is 17.6 Å². The fraction of sp³-hybridized carbons (Fsp3) is 0.500. The first-order valence-electron chi connectivity index (χ1n) is 10.4. The predicted molar refractivity (Wildman–Crippen MR) is 112 cm³/mol. The SMILES string of the molecule is CC(C)c1ccc2c(c1)C1OCCCC1[C@H](c1ccc(O)cc1)N2.CCC. The zero-order valence-electron chi connectivity index (χ0n) is 17.0. The second-order valence-electron chi connectivity index (χ2n) is 8.02. The number of nitrogens with one attached hydrogen (secondary N) is 1. The van der Waals surface area contributed by atoms with E-state index in [0.717, 1.165) is 19.4 Å². The molecular formula is C24H33NO2. The van der Waals surface area contributed by atoms with Crippen molar-refractivity contribution in [1.29, 1.82) is 0 Å². The number of fused-ring (bicyclic) bond motifs is 3. The third-order valence-electron chi connectivity index (χ3n) is 5.41. The van der Waals surface area contributed by atoms with Crippen molar-refractivity contribution in [3.05, 3.63) is 59.2 Å². The molecule has 146 valence electrons. The van der Waals surface area contributed by atoms with E-state index in [1.54, 1.807) is 12.1 Å². The number of phenols is 1. The van der Waals surface area contributed by atoms with Gasteiger partial charge in [0.15, 0.2) is 0 Å². The molecule has 3 atom stereocenters. The van der Waals surface area contributed by atoms with Crippen molar-refractivity contribution in [2.75, 3.05) is 11.9 Å². The summed E-state index contributed by atoms with van der Waals surface area (Å²) in [4.78, 5) is 0. The van der Waals surface area contributed by atoms with E-state index in [1.807, 2.05) is 12.1 Å². The number of ether oxygens (including phenoxy) is 1. The van der Waals surface area contributed by atoms with Gasteiger partial charge in [-0.15, -0.1) is 0 Å². The van der Waals surface area contributed by atoms with Crippen molar-refractivity contribution < 1.29 is 9.84 Å². The molecule has 2 unspecified atom stereocenters. The highest BCUT2D eigenvalue weighted by Gasteiger charge is 2.39. The Morgan fingerprint density at radius 2 is 1.81 bits per heavy atom. The molecule has 0 spiro atoms. The summed E-state index contributed by atoms with van der Waals surface area (Å²) >= 11 is 0. The highest BCUT2D eigenvalue weighted by Crippen LogP contribution is 2.49. The average Bonchev–Trinajstić information content (AvgIpc) is 2.68. The summed E-state index contributed by atoms with van der Waals surface area (Å²) in [6.07, 6.45) is 3.68. The molecule has 27 heavy (non-hydrogen) atoms. The van der Waals surface area contributed by atoms with E-state index < -0.39 is 0 Å². The molecule has 2 heterocycles. The predicted octanol–water partition coefficient (Wildman–Crippen LogP) is 6.57. The molecule has 0 saturated carbocycles. The van der Waals surface area contributed by atoms with Crippen LogP contribution in [0.4, 0.5) is 5.69 Å². The molecule has 3 nitrogen and oxygen atoms in total. The molecule has 0 bridgehead atoms. The average molecular weight is 368 g/mol. The van der Waals surface area contributed by atoms with Gasteiger partial charge in [0, 0.05) is 23.8 Å². The Morgan fingerprint density at radius 1 is 1.11 bits per heavy atom. The van der Waals surface area contributed by atoms with E-state index in [2.05, 4.69) is 51.2 Å². The maximum absolute atomic E-state index is 9.58. The van der Waals surface area contributed by atoms with Crippen LogP contribution >= 0.6 is 0 Å². The molecule has 4 rings (SSSR count). The van der Waals surface area contributed by atoms with Crippen LogP contribution in [0.1, 0.15) is 81.7 Å². The van der Waals surface area contributed by atoms with Crippen LogP contribution in [0.15, 0.2) is 42.5 Å². The van der Waals surface area contributed by atoms with Gasteiger partial charge in [-0.3, -0.25) is 0 Å². The summed E-state index contributed by atoms with van der Waals surface area (Å²) in [6.45, 7) is 9.56. The summed E-state index contributed by atoms with van der Waals surface area (Å²) in [5.41, 5.74) is 5.07. The van der Waals surface area contributed by atoms with Gasteiger partial charge < -0.3 is 15.2 Å². The summed E-state index contributed by atoms with van der Waals surface area (Å²) in [5, 5.41) is 13.3. The third-order valence-corrected chi connectivity index (χ3v) is 5.41. The molecular weight excluding hydrogens is 334 g/mol. The van der Waals surface area contributed by atoms with Crippen LogP contribution in [0.2, 0.25) is 0 Å². The first-order chi connectivity index (χ1) is 13.0. The lowest BCUT2D eigenvalue weighted by atomic mass is 9.77. The van der Waals surface area contributed by atoms with Crippen molar-refractivity contribution in [3.8, 4) is 5.75 Å². The molecule has 2 N–H and O–H groups in total. The van der Waals surface area contributed by atoms with Crippen molar-refractivity contribution >= 4 is 5.69 Å². The quantitative estimate of drug-likeness (QED) is 0.631. The van der Waals surface area contributed by atoms with Crippen LogP contribution in [0.3, 0.4) is 0 Å². The molecule has 2 aromatic carbocycles. The Hall–Kier alpha value is -2.00. The van der Waals surface area contributed by atoms with Gasteiger partial charge in [0.05, 0.1) is 12.1 Å². The van der Waals surface area contributed by atoms with Crippen molar-refractivity contribution in [3.63, 3.8) is 0 Å². The van der Waals surface area contributed by atoms with Crippen LogP contribution < -0.4 is 5.32 Å². The smallest absolute Gasteiger partial charge is 0.115 e. The Bertz CT molecular complexity index is 739. The van der Waals surface area contributed by atoms with Crippen LogP contribution in [0.5, 0.6) is 5.75 Å². The number of phenolic OH excluding ortho intramolecular Hbond substituents is 1. The van der Waals surface area contributed by atoms with Crippen LogP contribution in [0.25, 0.3) is 0 Å². The largest absolute Gasteiger partial charge is 0.508 e. The number of rotatable bonds is 2. The first kappa shape index (κ1) is 19.8. The normalized spacial score (nSPS) is 23.5. The number of benzene rings is 2. The van der Waals surface area contributed by atoms with Crippen molar-refractivity contribution in [1.82, 2.24) is 0 Å². The number of hydrogen-bond acceptors (Lipinski definition) is 3. The topological polar surface area (TPSA) is 41.5 Å². The summed E-state index contributed by atoms with van der Waals surface area (Å²) in [7, 11) is 0. The lowest BCUT2D eigenvalue weighted by Crippen LogP contribution is -2.36. The van der Waals surface area contributed by atoms with E-state index in [1.165, 1.54) is 28.8 Å². The van der Waals surface area contributed by atoms with Crippen molar-refractivity contribution in [2.24, 2.45) is 5.92 Å². The fourth-order valence-corrected chi connectivity index (χ4v) is 4.06. The van der Waals surface area contributed by atoms with E-state index in [4.69, 9.17) is 4.74 Å². The lowest BCUT2D eigenvalue weighted by molar-refractivity contribution is -0.0381. The molecule has 2 aromatic rings. The summed E-state index contributed by atoms with van der Waals surface area (Å²) < 4.78 is 6.23. The standard InChI is InChI=1S/C21H25NO2.C3H8/c1-13(2)15-7-10-19-18(12-15)21-17(4-3-11-24-21)20(22-19)14-5-8-16(23)9-6-14;1-3-2/h5-10,12-13,17,20-23H,3-4,11H2,1-2H3;3H2,1-2H3/t17?,20-,21?;/m0./s1. The Morgan fingerprint density at radius 3 is 2.48 bits per heavy atom. The van der Waals surface area contributed by atoms with E-state index in [-0.39, 0.29) is 12.1 Å². The van der Waals surface area contributed by atoms with Gasteiger partial charge in [-0.05, 0) is 48.1 Å². The Balaban J connectivity index is 0.000000659. The molecule has 1 saturated heterocycles. The molecule has 0 radical (unpaired) electrons. The number of hydrogen-bond donors (Lipinski definition) is 2. The molecule has 2 aliphatic heterocycles. The van der Waals surface area contributed by atoms with Crippen LogP contribution in [0, 0.1) is 5.92 Å². The zero-order chi connectivity index (χ0) is 19.4. The van der Waals surface area contributed by atoms with Crippen molar-refractivity contribution in [2.45, 2.75) is 65.0 Å². The first-order valence-corrected chi connectivity index (χ1v) is 10.4. The molecule has 0 aromatic heterocycles. The van der Waals surface area contributed by atoms with E-state index >= 15 is 0 Å². The second kappa shape index (κ2) is 8.79. The molecule has 0 amide bonds. The van der Waals surface area contributed by atoms with Crippen LogP contribution in [-0.4, -0.2) is 11.7 Å². The minimum absolute atomic E-state index is 0.160. The minimum Gasteiger partial charge on any atom is -0.508 e.